The lowest BCUT2D eigenvalue weighted by Gasteiger charge is -2.38. The van der Waals surface area contributed by atoms with Crippen LogP contribution in [0.2, 0.25) is 0 Å². The zero-order chi connectivity index (χ0) is 21.8. The second-order valence-electron chi connectivity index (χ2n) is 9.15. The van der Waals surface area contributed by atoms with Gasteiger partial charge in [0.15, 0.2) is 5.11 Å². The Morgan fingerprint density at radius 1 is 1.03 bits per heavy atom. The Bertz CT molecular complexity index is 1200. The number of H-pyrrole nitrogens is 1. The van der Waals surface area contributed by atoms with Gasteiger partial charge in [0, 0.05) is 29.1 Å². The van der Waals surface area contributed by atoms with Crippen molar-refractivity contribution in [2.45, 2.75) is 56.7 Å². The normalized spacial score (nSPS) is 23.5. The Kier molecular flexibility index (Phi) is 4.72. The minimum absolute atomic E-state index is 0.118. The highest BCUT2D eigenvalue weighted by molar-refractivity contribution is 7.80. The molecule has 2 aliphatic heterocycles. The third-order valence-corrected chi connectivity index (χ3v) is 7.86. The van der Waals surface area contributed by atoms with Crippen LogP contribution in [0.5, 0.6) is 5.75 Å². The number of carbonyl (C=O) groups excluding carboxylic acids is 1. The predicted octanol–water partition coefficient (Wildman–Crippen LogP) is 4.95. The van der Waals surface area contributed by atoms with Crippen molar-refractivity contribution in [1.29, 1.82) is 0 Å². The first-order valence-corrected chi connectivity index (χ1v) is 12.0. The molecule has 6 heteroatoms. The van der Waals surface area contributed by atoms with E-state index in [9.17, 15) is 4.79 Å². The standard InChI is InChI=1S/C26H27N3O2S/c1-31-18-13-11-16(12-14-18)24-23-20(19-9-5-6-10-21(19)27-23)15-22-25(30)28(26(32)29(22)24)17-7-3-2-4-8-17/h5-6,9-14,17,22,24,27H,2-4,7-8,15H2,1H3/t22-,24+/m0/s1. The summed E-state index contributed by atoms with van der Waals surface area (Å²) in [7, 11) is 1.68. The third-order valence-electron chi connectivity index (χ3n) is 7.45. The summed E-state index contributed by atoms with van der Waals surface area (Å²) in [5.41, 5.74) is 4.61. The smallest absolute Gasteiger partial charge is 0.252 e. The van der Waals surface area contributed by atoms with Crippen molar-refractivity contribution in [1.82, 2.24) is 14.8 Å². The number of carbonyl (C=O) groups is 1. The van der Waals surface area contributed by atoms with Crippen molar-refractivity contribution in [3.05, 3.63) is 65.4 Å². The average Bonchev–Trinajstić information content (AvgIpc) is 3.33. The molecule has 1 aliphatic carbocycles. The van der Waals surface area contributed by atoms with Gasteiger partial charge in [0.25, 0.3) is 5.91 Å². The number of thiocarbonyl (C=S) groups is 1. The zero-order valence-corrected chi connectivity index (χ0v) is 19.0. The molecule has 0 spiro atoms. The average molecular weight is 446 g/mol. The van der Waals surface area contributed by atoms with Gasteiger partial charge in [-0.25, -0.2) is 0 Å². The monoisotopic (exact) mass is 445 g/mol. The Labute approximate surface area is 193 Å². The van der Waals surface area contributed by atoms with Gasteiger partial charge in [-0.15, -0.1) is 0 Å². The Balaban J connectivity index is 1.49. The van der Waals surface area contributed by atoms with Crippen LogP contribution in [-0.2, 0) is 11.2 Å². The van der Waals surface area contributed by atoms with Crippen molar-refractivity contribution in [3.63, 3.8) is 0 Å². The number of methoxy groups -OCH3 is 1. The van der Waals surface area contributed by atoms with Crippen molar-refractivity contribution >= 4 is 34.1 Å². The summed E-state index contributed by atoms with van der Waals surface area (Å²) in [6.45, 7) is 0. The summed E-state index contributed by atoms with van der Waals surface area (Å²) in [4.78, 5) is 21.6. The molecule has 5 nitrogen and oxygen atoms in total. The van der Waals surface area contributed by atoms with Gasteiger partial charge >= 0.3 is 0 Å². The van der Waals surface area contributed by atoms with Crippen LogP contribution in [0.25, 0.3) is 10.9 Å². The highest BCUT2D eigenvalue weighted by Gasteiger charge is 2.52. The highest BCUT2D eigenvalue weighted by atomic mass is 32.1. The maximum Gasteiger partial charge on any atom is 0.252 e. The number of aromatic amines is 1. The molecule has 0 unspecified atom stereocenters. The Morgan fingerprint density at radius 3 is 2.53 bits per heavy atom. The lowest BCUT2D eigenvalue weighted by Crippen LogP contribution is -2.44. The zero-order valence-electron chi connectivity index (χ0n) is 18.2. The molecule has 32 heavy (non-hydrogen) atoms. The lowest BCUT2D eigenvalue weighted by molar-refractivity contribution is -0.130. The molecule has 0 bridgehead atoms. The molecule has 164 valence electrons. The minimum Gasteiger partial charge on any atom is -0.497 e. The first-order chi connectivity index (χ1) is 15.7. The molecule has 1 aromatic heterocycles. The minimum atomic E-state index is -0.247. The maximum absolute atomic E-state index is 13.8. The van der Waals surface area contributed by atoms with Gasteiger partial charge in [-0.3, -0.25) is 9.69 Å². The van der Waals surface area contributed by atoms with E-state index in [1.807, 2.05) is 23.1 Å². The van der Waals surface area contributed by atoms with Gasteiger partial charge in [-0.2, -0.15) is 0 Å². The first kappa shape index (κ1) is 19.8. The van der Waals surface area contributed by atoms with Gasteiger partial charge < -0.3 is 14.6 Å². The van der Waals surface area contributed by atoms with E-state index in [2.05, 4.69) is 40.2 Å². The first-order valence-electron chi connectivity index (χ1n) is 11.6. The van der Waals surface area contributed by atoms with E-state index < -0.39 is 0 Å². The molecule has 2 aromatic carbocycles. The van der Waals surface area contributed by atoms with Gasteiger partial charge in [0.1, 0.15) is 11.8 Å². The van der Waals surface area contributed by atoms with Gasteiger partial charge in [-0.1, -0.05) is 49.6 Å². The lowest BCUT2D eigenvalue weighted by atomic mass is 9.88. The van der Waals surface area contributed by atoms with Gasteiger partial charge in [-0.05, 0) is 54.4 Å². The van der Waals surface area contributed by atoms with E-state index in [1.54, 1.807) is 7.11 Å². The number of hydrogen-bond donors (Lipinski definition) is 1. The van der Waals surface area contributed by atoms with E-state index in [0.29, 0.717) is 11.5 Å². The molecule has 3 heterocycles. The SMILES string of the molecule is COc1ccc([C@@H]2c3[nH]c4ccccc4c3C[C@H]3C(=O)N(C4CCCCC4)C(=S)N23)cc1. The fraction of sp³-hybridized carbons (Fsp3) is 0.385. The molecule has 6 rings (SSSR count). The number of nitrogens with zero attached hydrogens (tertiary/aromatic N) is 2. The molecule has 1 saturated carbocycles. The van der Waals surface area contributed by atoms with E-state index in [4.69, 9.17) is 17.0 Å². The van der Waals surface area contributed by atoms with Crippen LogP contribution in [0.15, 0.2) is 48.5 Å². The summed E-state index contributed by atoms with van der Waals surface area (Å²) in [6.07, 6.45) is 6.39. The van der Waals surface area contributed by atoms with E-state index in [1.165, 1.54) is 30.2 Å². The molecule has 2 atom stereocenters. The van der Waals surface area contributed by atoms with Crippen LogP contribution < -0.4 is 4.74 Å². The molecular formula is C26H27N3O2S. The number of aromatic nitrogens is 1. The fourth-order valence-electron chi connectivity index (χ4n) is 5.90. The number of benzene rings is 2. The number of nitrogens with one attached hydrogen (secondary N) is 1. The second kappa shape index (κ2) is 7.62. The van der Waals surface area contributed by atoms with Crippen molar-refractivity contribution < 1.29 is 9.53 Å². The molecule has 1 N–H and O–H groups in total. The van der Waals surface area contributed by atoms with E-state index in [0.717, 1.165) is 35.4 Å². The number of amides is 1. The Morgan fingerprint density at radius 2 is 1.78 bits per heavy atom. The van der Waals surface area contributed by atoms with Crippen molar-refractivity contribution in [2.24, 2.45) is 0 Å². The molecule has 0 radical (unpaired) electrons. The summed E-state index contributed by atoms with van der Waals surface area (Å²) in [6, 6.07) is 16.4. The van der Waals surface area contributed by atoms with Crippen LogP contribution in [-0.4, -0.2) is 45.0 Å². The van der Waals surface area contributed by atoms with E-state index in [-0.39, 0.29) is 24.0 Å². The number of para-hydroxylation sites is 1. The van der Waals surface area contributed by atoms with Crippen LogP contribution in [0, 0.1) is 0 Å². The largest absolute Gasteiger partial charge is 0.497 e. The van der Waals surface area contributed by atoms with Crippen LogP contribution in [0.1, 0.15) is 55.0 Å². The van der Waals surface area contributed by atoms with Crippen LogP contribution in [0.4, 0.5) is 0 Å². The quantitative estimate of drug-likeness (QED) is 0.580. The number of fused-ring (bicyclic) bond motifs is 4. The van der Waals surface area contributed by atoms with Gasteiger partial charge in [0.2, 0.25) is 0 Å². The van der Waals surface area contributed by atoms with Gasteiger partial charge in [0.05, 0.1) is 13.2 Å². The molecule has 1 saturated heterocycles. The second-order valence-corrected chi connectivity index (χ2v) is 9.51. The number of ether oxygens (including phenoxy) is 1. The predicted molar refractivity (Wildman–Crippen MR) is 129 cm³/mol. The summed E-state index contributed by atoms with van der Waals surface area (Å²) < 4.78 is 5.39. The Hall–Kier alpha value is -2.86. The molecule has 1 amide bonds. The topological polar surface area (TPSA) is 48.6 Å². The third kappa shape index (κ3) is 2.89. The van der Waals surface area contributed by atoms with Crippen molar-refractivity contribution in [2.75, 3.05) is 7.11 Å². The van der Waals surface area contributed by atoms with E-state index >= 15 is 0 Å². The number of rotatable bonds is 3. The molecule has 3 aliphatic rings. The molecule has 3 aromatic rings. The molecule has 2 fully saturated rings. The maximum atomic E-state index is 13.8. The molecular weight excluding hydrogens is 418 g/mol. The number of hydrogen-bond acceptors (Lipinski definition) is 3. The highest BCUT2D eigenvalue weighted by Crippen LogP contribution is 2.45. The summed E-state index contributed by atoms with van der Waals surface area (Å²) in [5.74, 6) is 0.998. The summed E-state index contributed by atoms with van der Waals surface area (Å²) in [5, 5.41) is 1.90. The summed E-state index contributed by atoms with van der Waals surface area (Å²) >= 11 is 6.02. The fourth-order valence-corrected chi connectivity index (χ4v) is 6.37. The van der Waals surface area contributed by atoms with Crippen LogP contribution in [0.3, 0.4) is 0 Å². The van der Waals surface area contributed by atoms with Crippen molar-refractivity contribution in [3.8, 4) is 5.75 Å². The van der Waals surface area contributed by atoms with Crippen LogP contribution >= 0.6 is 12.2 Å².